The van der Waals surface area contributed by atoms with Crippen molar-refractivity contribution in [1.82, 2.24) is 4.98 Å². The third-order valence-electron chi connectivity index (χ3n) is 2.89. The maximum Gasteiger partial charge on any atom is 0.261 e. The van der Waals surface area contributed by atoms with Crippen LogP contribution in [0.1, 0.15) is 10.4 Å². The summed E-state index contributed by atoms with van der Waals surface area (Å²) in [5, 5.41) is 3.20. The molecule has 7 heteroatoms. The molecule has 22 heavy (non-hydrogen) atoms. The van der Waals surface area contributed by atoms with E-state index in [1.54, 1.807) is 30.3 Å². The smallest absolute Gasteiger partial charge is 0.261 e. The maximum atomic E-state index is 12.4. The number of methoxy groups -OCH3 is 3. The van der Waals surface area contributed by atoms with Crippen LogP contribution in [0.5, 0.6) is 17.5 Å². The van der Waals surface area contributed by atoms with Gasteiger partial charge in [0, 0.05) is 11.1 Å². The van der Waals surface area contributed by atoms with Gasteiger partial charge in [0.15, 0.2) is 0 Å². The van der Waals surface area contributed by atoms with Gasteiger partial charge in [0.25, 0.3) is 5.91 Å². The average Bonchev–Trinajstić information content (AvgIpc) is 2.54. The molecule has 2 aromatic rings. The minimum Gasteiger partial charge on any atom is -0.495 e. The number of ether oxygens (including phenoxy) is 3. The number of halogens is 1. The third-order valence-corrected chi connectivity index (χ3v) is 3.13. The number of aromatic nitrogens is 1. The highest BCUT2D eigenvalue weighted by atomic mass is 35.5. The number of carbonyl (C=O) groups excluding carboxylic acids is 1. The van der Waals surface area contributed by atoms with Gasteiger partial charge in [0.05, 0.1) is 27.0 Å². The average molecular weight is 323 g/mol. The number of carbonyl (C=O) groups is 1. The summed E-state index contributed by atoms with van der Waals surface area (Å²) in [6.45, 7) is 0. The van der Waals surface area contributed by atoms with E-state index in [1.807, 2.05) is 0 Å². The van der Waals surface area contributed by atoms with Gasteiger partial charge in [-0.15, -0.1) is 0 Å². The Morgan fingerprint density at radius 1 is 1.09 bits per heavy atom. The van der Waals surface area contributed by atoms with E-state index in [9.17, 15) is 4.79 Å². The van der Waals surface area contributed by atoms with Crippen LogP contribution in [0, 0.1) is 0 Å². The summed E-state index contributed by atoms with van der Waals surface area (Å²) in [6.07, 6.45) is 0. The summed E-state index contributed by atoms with van der Waals surface area (Å²) < 4.78 is 15.3. The van der Waals surface area contributed by atoms with E-state index in [4.69, 9.17) is 25.8 Å². The van der Waals surface area contributed by atoms with Gasteiger partial charge in [0.2, 0.25) is 11.8 Å². The molecule has 0 aliphatic heterocycles. The van der Waals surface area contributed by atoms with Gasteiger partial charge in [-0.1, -0.05) is 11.6 Å². The predicted octanol–water partition coefficient (Wildman–Crippen LogP) is 3.01. The van der Waals surface area contributed by atoms with E-state index in [1.165, 1.54) is 21.3 Å². The summed E-state index contributed by atoms with van der Waals surface area (Å²) in [7, 11) is 4.42. The summed E-state index contributed by atoms with van der Waals surface area (Å²) in [6, 6.07) is 8.08. The van der Waals surface area contributed by atoms with Crippen molar-refractivity contribution in [2.45, 2.75) is 0 Å². The molecule has 0 saturated heterocycles. The minimum atomic E-state index is -0.396. The molecule has 1 N–H and O–H groups in total. The monoisotopic (exact) mass is 322 g/mol. The molecule has 0 spiro atoms. The van der Waals surface area contributed by atoms with Crippen LogP contribution in [-0.2, 0) is 0 Å². The third kappa shape index (κ3) is 3.40. The summed E-state index contributed by atoms with van der Waals surface area (Å²) in [4.78, 5) is 16.5. The first-order valence-corrected chi connectivity index (χ1v) is 6.70. The molecule has 0 aliphatic rings. The first-order valence-electron chi connectivity index (χ1n) is 6.33. The molecule has 0 unspecified atom stereocenters. The predicted molar refractivity (Wildman–Crippen MR) is 83.3 cm³/mol. The fourth-order valence-corrected chi connectivity index (χ4v) is 2.01. The van der Waals surface area contributed by atoms with Crippen LogP contribution in [0.3, 0.4) is 0 Å². The van der Waals surface area contributed by atoms with E-state index >= 15 is 0 Å². The zero-order chi connectivity index (χ0) is 16.1. The van der Waals surface area contributed by atoms with Crippen molar-refractivity contribution >= 4 is 23.2 Å². The number of nitrogens with zero attached hydrogens (tertiary/aromatic N) is 1. The van der Waals surface area contributed by atoms with E-state index in [-0.39, 0.29) is 11.4 Å². The summed E-state index contributed by atoms with van der Waals surface area (Å²) in [5.41, 5.74) is 0.725. The molecular weight excluding hydrogens is 308 g/mol. The molecule has 1 aromatic heterocycles. The van der Waals surface area contributed by atoms with E-state index in [2.05, 4.69) is 10.3 Å². The SMILES string of the molecule is COc1ccc(C(=O)Nc2cc(Cl)ccc2OC)c(OC)n1. The Balaban J connectivity index is 2.31. The Hall–Kier alpha value is -2.47. The van der Waals surface area contributed by atoms with Crippen LogP contribution in [0.2, 0.25) is 5.02 Å². The Morgan fingerprint density at radius 3 is 2.50 bits per heavy atom. The standard InChI is InChI=1S/C15H15ClN2O4/c1-20-12-6-4-9(16)8-11(12)17-14(19)10-5-7-13(21-2)18-15(10)22-3/h4-8H,1-3H3,(H,17,19). The topological polar surface area (TPSA) is 69.7 Å². The number of amides is 1. The lowest BCUT2D eigenvalue weighted by Crippen LogP contribution is -2.14. The highest BCUT2D eigenvalue weighted by Crippen LogP contribution is 2.29. The Labute approximate surface area is 133 Å². The van der Waals surface area contributed by atoms with E-state index < -0.39 is 5.91 Å². The van der Waals surface area contributed by atoms with Crippen LogP contribution < -0.4 is 19.5 Å². The number of nitrogens with one attached hydrogen (secondary N) is 1. The van der Waals surface area contributed by atoms with Crippen molar-refractivity contribution in [2.75, 3.05) is 26.6 Å². The fourth-order valence-electron chi connectivity index (χ4n) is 1.83. The first kappa shape index (κ1) is 15.9. The number of rotatable bonds is 5. The van der Waals surface area contributed by atoms with Gasteiger partial charge < -0.3 is 19.5 Å². The normalized spacial score (nSPS) is 10.0. The van der Waals surface area contributed by atoms with Crippen LogP contribution in [0.25, 0.3) is 0 Å². The van der Waals surface area contributed by atoms with Crippen LogP contribution >= 0.6 is 11.6 Å². The summed E-state index contributed by atoms with van der Waals surface area (Å²) in [5.74, 6) is 0.623. The lowest BCUT2D eigenvalue weighted by molar-refractivity contribution is 0.102. The maximum absolute atomic E-state index is 12.4. The van der Waals surface area contributed by atoms with Crippen LogP contribution in [0.15, 0.2) is 30.3 Å². The van der Waals surface area contributed by atoms with Crippen molar-refractivity contribution in [3.63, 3.8) is 0 Å². The highest BCUT2D eigenvalue weighted by Gasteiger charge is 2.16. The van der Waals surface area contributed by atoms with Gasteiger partial charge in [-0.25, -0.2) is 0 Å². The second kappa shape index (κ2) is 7.00. The van der Waals surface area contributed by atoms with Crippen molar-refractivity contribution in [2.24, 2.45) is 0 Å². The van der Waals surface area contributed by atoms with Crippen LogP contribution in [0.4, 0.5) is 5.69 Å². The molecule has 0 fully saturated rings. The van der Waals surface area contributed by atoms with Crippen molar-refractivity contribution < 1.29 is 19.0 Å². The quantitative estimate of drug-likeness (QED) is 0.916. The van der Waals surface area contributed by atoms with Crippen molar-refractivity contribution in [3.05, 3.63) is 40.9 Å². The summed E-state index contributed by atoms with van der Waals surface area (Å²) >= 11 is 5.94. The number of pyridine rings is 1. The van der Waals surface area contributed by atoms with Gasteiger partial charge in [-0.2, -0.15) is 4.98 Å². The van der Waals surface area contributed by atoms with Gasteiger partial charge in [-0.05, 0) is 24.3 Å². The number of benzene rings is 1. The first-order chi connectivity index (χ1) is 10.6. The van der Waals surface area contributed by atoms with Gasteiger partial charge in [0.1, 0.15) is 11.3 Å². The van der Waals surface area contributed by atoms with Crippen molar-refractivity contribution in [3.8, 4) is 17.5 Å². The molecular formula is C15H15ClN2O4. The number of anilines is 1. The molecule has 2 rings (SSSR count). The molecule has 0 radical (unpaired) electrons. The second-order valence-corrected chi connectivity index (χ2v) is 4.65. The fraction of sp³-hybridized carbons (Fsp3) is 0.200. The molecule has 0 aliphatic carbocycles. The molecule has 1 amide bonds. The second-order valence-electron chi connectivity index (χ2n) is 4.21. The Morgan fingerprint density at radius 2 is 1.86 bits per heavy atom. The zero-order valence-corrected chi connectivity index (χ0v) is 13.1. The molecule has 6 nitrogen and oxygen atoms in total. The lowest BCUT2D eigenvalue weighted by atomic mass is 10.2. The highest BCUT2D eigenvalue weighted by molar-refractivity contribution is 6.31. The Kier molecular flexibility index (Phi) is 5.06. The largest absolute Gasteiger partial charge is 0.495 e. The Bertz CT molecular complexity index is 691. The van der Waals surface area contributed by atoms with E-state index in [0.29, 0.717) is 22.3 Å². The van der Waals surface area contributed by atoms with Crippen molar-refractivity contribution in [1.29, 1.82) is 0 Å². The molecule has 0 bridgehead atoms. The molecule has 1 aromatic carbocycles. The van der Waals surface area contributed by atoms with E-state index in [0.717, 1.165) is 0 Å². The molecule has 0 saturated carbocycles. The molecule has 1 heterocycles. The van der Waals surface area contributed by atoms with Crippen LogP contribution in [-0.4, -0.2) is 32.2 Å². The van der Waals surface area contributed by atoms with Gasteiger partial charge in [-0.3, -0.25) is 4.79 Å². The minimum absolute atomic E-state index is 0.165. The lowest BCUT2D eigenvalue weighted by Gasteiger charge is -2.12. The zero-order valence-electron chi connectivity index (χ0n) is 12.3. The number of hydrogen-bond acceptors (Lipinski definition) is 5. The van der Waals surface area contributed by atoms with Gasteiger partial charge >= 0.3 is 0 Å². The number of hydrogen-bond donors (Lipinski definition) is 1. The molecule has 0 atom stereocenters. The molecule has 116 valence electrons.